The predicted octanol–water partition coefficient (Wildman–Crippen LogP) is 4.67. The summed E-state index contributed by atoms with van der Waals surface area (Å²) in [5.41, 5.74) is -0.684. The van der Waals surface area contributed by atoms with Crippen LogP contribution in [-0.2, 0) is 5.92 Å². The fraction of sp³-hybridized carbons (Fsp3) is 0.600. The normalized spacial score (nSPS) is 15.8. The smallest absolute Gasteiger partial charge is 0.407 e. The van der Waals surface area contributed by atoms with Crippen LogP contribution in [0.25, 0.3) is 0 Å². The molecule has 0 unspecified atom stereocenters. The first-order valence-corrected chi connectivity index (χ1v) is 9.34. The Morgan fingerprint density at radius 3 is 2.54 bits per heavy atom. The van der Waals surface area contributed by atoms with Crippen LogP contribution < -0.4 is 10.1 Å². The third-order valence-corrected chi connectivity index (χ3v) is 4.86. The average Bonchev–Trinajstić information content (AvgIpc) is 2.62. The lowest BCUT2D eigenvalue weighted by atomic mass is 9.94. The second-order valence-corrected chi connectivity index (χ2v) is 7.81. The van der Waals surface area contributed by atoms with Crippen LogP contribution in [0.15, 0.2) is 18.2 Å². The van der Waals surface area contributed by atoms with Crippen LogP contribution in [0, 0.1) is 17.2 Å². The van der Waals surface area contributed by atoms with Gasteiger partial charge in [0.25, 0.3) is 5.92 Å². The number of rotatable bonds is 7. The lowest BCUT2D eigenvalue weighted by Crippen LogP contribution is -2.37. The number of anilines is 1. The number of alkyl halides is 2. The quantitative estimate of drug-likeness (QED) is 0.701. The molecule has 1 heterocycles. The molecule has 2 N–H and O–H groups in total. The molecule has 1 aromatic carbocycles. The van der Waals surface area contributed by atoms with Gasteiger partial charge in [-0.2, -0.15) is 5.26 Å². The van der Waals surface area contributed by atoms with Crippen LogP contribution >= 0.6 is 0 Å². The summed E-state index contributed by atoms with van der Waals surface area (Å²) < 4.78 is 33.8. The number of benzene rings is 1. The molecule has 1 aromatic rings. The van der Waals surface area contributed by atoms with Gasteiger partial charge in [0, 0.05) is 25.7 Å². The van der Waals surface area contributed by atoms with E-state index in [1.807, 2.05) is 0 Å². The van der Waals surface area contributed by atoms with E-state index in [9.17, 15) is 13.6 Å². The number of carbonyl (C=O) groups is 1. The van der Waals surface area contributed by atoms with Gasteiger partial charge in [-0.15, -0.1) is 0 Å². The number of halogens is 2. The monoisotopic (exact) mass is 395 g/mol. The molecule has 0 aromatic heterocycles. The van der Waals surface area contributed by atoms with E-state index in [4.69, 9.17) is 15.1 Å². The summed E-state index contributed by atoms with van der Waals surface area (Å²) in [7, 11) is 0. The zero-order chi connectivity index (χ0) is 20.9. The van der Waals surface area contributed by atoms with Gasteiger partial charge in [-0.3, -0.25) is 0 Å². The number of nitrogens with one attached hydrogen (secondary N) is 1. The van der Waals surface area contributed by atoms with Crippen molar-refractivity contribution in [2.24, 2.45) is 5.92 Å². The van der Waals surface area contributed by atoms with E-state index in [-0.39, 0.29) is 17.9 Å². The molecule has 154 valence electrons. The molecular formula is C20H27F2N3O3. The van der Waals surface area contributed by atoms with Crippen molar-refractivity contribution in [2.75, 3.05) is 25.0 Å². The fourth-order valence-corrected chi connectivity index (χ4v) is 3.21. The van der Waals surface area contributed by atoms with E-state index in [1.165, 1.54) is 17.0 Å². The van der Waals surface area contributed by atoms with Crippen molar-refractivity contribution < 1.29 is 23.4 Å². The number of piperidine rings is 1. The molecule has 0 aliphatic carbocycles. The first kappa shape index (κ1) is 21.7. The first-order chi connectivity index (χ1) is 13.0. The highest BCUT2D eigenvalue weighted by atomic mass is 19.3. The van der Waals surface area contributed by atoms with Gasteiger partial charge in [-0.05, 0) is 57.2 Å². The lowest BCUT2D eigenvalue weighted by molar-refractivity contribution is 0.0143. The minimum Gasteiger partial charge on any atom is -0.493 e. The molecule has 0 bridgehead atoms. The molecule has 1 aliphatic heterocycles. The van der Waals surface area contributed by atoms with Gasteiger partial charge < -0.3 is 20.1 Å². The summed E-state index contributed by atoms with van der Waals surface area (Å²) in [5, 5.41) is 21.0. The first-order valence-electron chi connectivity index (χ1n) is 9.34. The molecule has 0 spiro atoms. The van der Waals surface area contributed by atoms with Crippen molar-refractivity contribution in [3.63, 3.8) is 0 Å². The van der Waals surface area contributed by atoms with Crippen molar-refractivity contribution in [1.82, 2.24) is 4.90 Å². The van der Waals surface area contributed by atoms with Crippen molar-refractivity contribution in [3.05, 3.63) is 23.8 Å². The lowest BCUT2D eigenvalue weighted by Gasteiger charge is -2.30. The maximum atomic E-state index is 14.1. The second kappa shape index (κ2) is 8.63. The molecule has 0 atom stereocenters. The zero-order valence-electron chi connectivity index (χ0n) is 16.5. The topological polar surface area (TPSA) is 85.6 Å². The van der Waals surface area contributed by atoms with E-state index in [0.717, 1.165) is 19.8 Å². The Kier molecular flexibility index (Phi) is 6.70. The zero-order valence-corrected chi connectivity index (χ0v) is 16.5. The van der Waals surface area contributed by atoms with Crippen LogP contribution in [-0.4, -0.2) is 41.3 Å². The summed E-state index contributed by atoms with van der Waals surface area (Å²) in [6, 6.07) is 6.51. The summed E-state index contributed by atoms with van der Waals surface area (Å²) in [5.74, 6) is -2.65. The predicted molar refractivity (Wildman–Crippen MR) is 102 cm³/mol. The largest absolute Gasteiger partial charge is 0.493 e. The van der Waals surface area contributed by atoms with E-state index in [0.29, 0.717) is 31.1 Å². The third kappa shape index (κ3) is 5.98. The molecule has 1 aliphatic rings. The number of carboxylic acid groups (broad SMARTS) is 1. The Hall–Kier alpha value is -2.56. The van der Waals surface area contributed by atoms with E-state index in [2.05, 4.69) is 11.4 Å². The van der Waals surface area contributed by atoms with Gasteiger partial charge in [-0.1, -0.05) is 0 Å². The Morgan fingerprint density at radius 1 is 1.36 bits per heavy atom. The number of nitrogens with zero attached hydrogens (tertiary/aromatic N) is 2. The molecule has 0 saturated carbocycles. The molecule has 1 saturated heterocycles. The van der Waals surface area contributed by atoms with Gasteiger partial charge in [-0.25, -0.2) is 13.6 Å². The molecular weight excluding hydrogens is 368 g/mol. The third-order valence-electron chi connectivity index (χ3n) is 4.86. The Balaban J connectivity index is 1.99. The Morgan fingerprint density at radius 2 is 2.00 bits per heavy atom. The van der Waals surface area contributed by atoms with E-state index >= 15 is 0 Å². The van der Waals surface area contributed by atoms with Crippen molar-refractivity contribution in [2.45, 2.75) is 51.5 Å². The Labute approximate surface area is 164 Å². The van der Waals surface area contributed by atoms with Gasteiger partial charge in [0.2, 0.25) is 0 Å². The van der Waals surface area contributed by atoms with Gasteiger partial charge in [0.1, 0.15) is 11.3 Å². The maximum absolute atomic E-state index is 14.1. The summed E-state index contributed by atoms with van der Waals surface area (Å²) in [6.07, 6.45) is 1.28. The van der Waals surface area contributed by atoms with Crippen molar-refractivity contribution in [3.8, 4) is 11.8 Å². The van der Waals surface area contributed by atoms with Gasteiger partial charge >= 0.3 is 6.09 Å². The number of amides is 1. The van der Waals surface area contributed by atoms with Crippen molar-refractivity contribution >= 4 is 11.8 Å². The molecule has 6 nitrogen and oxygen atoms in total. The van der Waals surface area contributed by atoms with Crippen LogP contribution in [0.2, 0.25) is 0 Å². The number of ether oxygens (including phenoxy) is 1. The van der Waals surface area contributed by atoms with Crippen LogP contribution in [0.4, 0.5) is 19.3 Å². The molecule has 28 heavy (non-hydrogen) atoms. The van der Waals surface area contributed by atoms with Gasteiger partial charge in [0.05, 0.1) is 18.2 Å². The van der Waals surface area contributed by atoms with Crippen molar-refractivity contribution in [1.29, 1.82) is 5.26 Å². The number of hydrogen-bond acceptors (Lipinski definition) is 4. The highest BCUT2D eigenvalue weighted by Crippen LogP contribution is 2.37. The standard InChI is InChI=1S/C20H27F2N3O3/c1-19(2,13-23)24-15-4-5-17(16(12-15)20(3,21)22)28-11-8-14-6-9-25(10-7-14)18(26)27/h4-5,12,14,24H,6-11H2,1-3H3,(H,26,27). The summed E-state index contributed by atoms with van der Waals surface area (Å²) in [6.45, 7) is 5.42. The molecule has 2 rings (SSSR count). The number of nitriles is 1. The fourth-order valence-electron chi connectivity index (χ4n) is 3.21. The molecule has 1 amide bonds. The van der Waals surface area contributed by atoms with Crippen LogP contribution in [0.3, 0.4) is 0 Å². The Bertz CT molecular complexity index is 733. The average molecular weight is 395 g/mol. The van der Waals surface area contributed by atoms with Crippen LogP contribution in [0.5, 0.6) is 5.75 Å². The minimum atomic E-state index is -3.09. The highest BCUT2D eigenvalue weighted by Gasteiger charge is 2.30. The number of likely N-dealkylation sites (tertiary alicyclic amines) is 1. The number of hydrogen-bond donors (Lipinski definition) is 2. The summed E-state index contributed by atoms with van der Waals surface area (Å²) in [4.78, 5) is 12.3. The molecule has 1 fully saturated rings. The second-order valence-electron chi connectivity index (χ2n) is 7.81. The summed E-state index contributed by atoms with van der Waals surface area (Å²) >= 11 is 0. The maximum Gasteiger partial charge on any atom is 0.407 e. The molecule has 8 heteroatoms. The minimum absolute atomic E-state index is 0.121. The molecule has 0 radical (unpaired) electrons. The van der Waals surface area contributed by atoms with E-state index in [1.54, 1.807) is 19.9 Å². The highest BCUT2D eigenvalue weighted by molar-refractivity contribution is 5.65. The van der Waals surface area contributed by atoms with Gasteiger partial charge in [0.15, 0.2) is 0 Å². The van der Waals surface area contributed by atoms with E-state index < -0.39 is 17.6 Å². The SMILES string of the molecule is CC(C)(C#N)Nc1ccc(OCCC2CCN(C(=O)O)CC2)c(C(C)(F)F)c1. The van der Waals surface area contributed by atoms with Crippen LogP contribution in [0.1, 0.15) is 45.6 Å².